The Morgan fingerprint density at radius 2 is 2.00 bits per heavy atom. The number of ether oxygens (including phenoxy) is 1. The van der Waals surface area contributed by atoms with Gasteiger partial charge >= 0.3 is 6.09 Å². The molecule has 0 aromatic heterocycles. The minimum absolute atomic E-state index is 0.195. The summed E-state index contributed by atoms with van der Waals surface area (Å²) >= 11 is 0. The van der Waals surface area contributed by atoms with Crippen LogP contribution >= 0.6 is 0 Å². The predicted molar refractivity (Wildman–Crippen MR) is 65.2 cm³/mol. The highest BCUT2D eigenvalue weighted by Crippen LogP contribution is 2.36. The lowest BCUT2D eigenvalue weighted by Gasteiger charge is -2.45. The number of amidine groups is 1. The number of carbonyl (C=O) groups excluding carboxylic acids is 1. The largest absolute Gasteiger partial charge is 0.522 e. The summed E-state index contributed by atoms with van der Waals surface area (Å²) < 4.78 is 5.75. The van der Waals surface area contributed by atoms with Crippen LogP contribution in [0.15, 0.2) is 5.10 Å². The molecule has 3 rings (SSSR count). The molecule has 3 aliphatic rings. The number of fused-ring (bicyclic) bond motifs is 3. The van der Waals surface area contributed by atoms with Crippen LogP contribution in [-0.4, -0.2) is 35.1 Å². The van der Waals surface area contributed by atoms with Crippen molar-refractivity contribution in [1.82, 2.24) is 0 Å². The number of rotatable bonds is 0. The number of amides is 1. The molecule has 2 bridgehead atoms. The Bertz CT molecular complexity index is 349. The maximum Gasteiger partial charge on any atom is 0.522 e. The molecule has 0 radical (unpaired) electrons. The van der Waals surface area contributed by atoms with Gasteiger partial charge in [-0.05, 0) is 26.7 Å². The summed E-state index contributed by atoms with van der Waals surface area (Å²) in [4.78, 5) is 12.4. The molecule has 0 unspecified atom stereocenters. The normalized spacial score (nSPS) is 35.0. The van der Waals surface area contributed by atoms with Crippen molar-refractivity contribution in [2.24, 2.45) is 16.9 Å². The lowest BCUT2D eigenvalue weighted by molar-refractivity contribution is -0.785. The maximum absolute atomic E-state index is 12.4. The second-order valence-corrected chi connectivity index (χ2v) is 6.09. The number of hydrazone groups is 1. The van der Waals surface area contributed by atoms with Gasteiger partial charge in [-0.25, -0.2) is 0 Å². The van der Waals surface area contributed by atoms with E-state index < -0.39 is 5.60 Å². The SMILES string of the molecule is CC(C)(C)OC(=O)[N+]12CCC(CC1)CC2=NN. The molecule has 0 aliphatic carbocycles. The molecule has 3 aliphatic heterocycles. The third kappa shape index (κ3) is 2.16. The topological polar surface area (TPSA) is 64.7 Å². The fraction of sp³-hybridized carbons (Fsp3) is 0.833. The highest BCUT2D eigenvalue weighted by Gasteiger charge is 2.53. The lowest BCUT2D eigenvalue weighted by Crippen LogP contribution is -2.65. The maximum atomic E-state index is 12.4. The van der Waals surface area contributed by atoms with Crippen molar-refractivity contribution < 1.29 is 14.0 Å². The van der Waals surface area contributed by atoms with Crippen molar-refractivity contribution >= 4 is 11.9 Å². The van der Waals surface area contributed by atoms with E-state index in [-0.39, 0.29) is 10.6 Å². The summed E-state index contributed by atoms with van der Waals surface area (Å²) in [5.41, 5.74) is -0.460. The zero-order valence-electron chi connectivity index (χ0n) is 10.9. The summed E-state index contributed by atoms with van der Waals surface area (Å²) in [6, 6.07) is 0. The van der Waals surface area contributed by atoms with Gasteiger partial charge < -0.3 is 10.6 Å². The second kappa shape index (κ2) is 3.98. The van der Waals surface area contributed by atoms with E-state index in [1.165, 1.54) is 0 Å². The van der Waals surface area contributed by atoms with E-state index in [1.807, 2.05) is 20.8 Å². The molecule has 2 N–H and O–H groups in total. The number of piperidine rings is 3. The number of nitrogens with zero attached hydrogens (tertiary/aromatic N) is 2. The van der Waals surface area contributed by atoms with Gasteiger partial charge in [0.15, 0.2) is 0 Å². The van der Waals surface area contributed by atoms with Crippen molar-refractivity contribution in [3.05, 3.63) is 0 Å². The average molecular weight is 240 g/mol. The van der Waals surface area contributed by atoms with E-state index in [1.54, 1.807) is 0 Å². The molecule has 0 atom stereocenters. The van der Waals surface area contributed by atoms with Gasteiger partial charge in [-0.1, -0.05) is 0 Å². The number of hydrogen-bond acceptors (Lipinski definition) is 4. The van der Waals surface area contributed by atoms with Crippen molar-refractivity contribution in [3.63, 3.8) is 0 Å². The molecule has 3 saturated heterocycles. The summed E-state index contributed by atoms with van der Waals surface area (Å²) in [7, 11) is 0. The first kappa shape index (κ1) is 12.4. The third-order valence-corrected chi connectivity index (χ3v) is 3.70. The molecule has 1 amide bonds. The van der Waals surface area contributed by atoms with Gasteiger partial charge in [0.25, 0.3) is 0 Å². The zero-order valence-corrected chi connectivity index (χ0v) is 10.9. The van der Waals surface area contributed by atoms with Gasteiger partial charge in [0.2, 0.25) is 5.84 Å². The molecule has 5 nitrogen and oxygen atoms in total. The monoisotopic (exact) mass is 240 g/mol. The Morgan fingerprint density at radius 3 is 2.47 bits per heavy atom. The Balaban J connectivity index is 2.23. The van der Waals surface area contributed by atoms with E-state index in [2.05, 4.69) is 5.10 Å². The van der Waals surface area contributed by atoms with Crippen molar-refractivity contribution in [1.29, 1.82) is 0 Å². The van der Waals surface area contributed by atoms with Crippen LogP contribution in [0.4, 0.5) is 4.79 Å². The third-order valence-electron chi connectivity index (χ3n) is 3.70. The molecule has 17 heavy (non-hydrogen) atoms. The van der Waals surface area contributed by atoms with E-state index in [4.69, 9.17) is 10.6 Å². The van der Waals surface area contributed by atoms with Crippen LogP contribution in [0.5, 0.6) is 0 Å². The first-order valence-electron chi connectivity index (χ1n) is 6.25. The summed E-state index contributed by atoms with van der Waals surface area (Å²) in [5.74, 6) is 6.89. The molecule has 5 heteroatoms. The smallest absolute Gasteiger partial charge is 0.414 e. The van der Waals surface area contributed by atoms with Crippen molar-refractivity contribution in [3.8, 4) is 0 Å². The molecule has 0 aromatic rings. The first-order chi connectivity index (χ1) is 7.87. The van der Waals surface area contributed by atoms with Gasteiger partial charge in [-0.3, -0.25) is 0 Å². The quantitative estimate of drug-likeness (QED) is 0.399. The van der Waals surface area contributed by atoms with Gasteiger partial charge in [0, 0.05) is 19.3 Å². The minimum Gasteiger partial charge on any atom is -0.414 e. The minimum atomic E-state index is -0.460. The summed E-state index contributed by atoms with van der Waals surface area (Å²) in [5, 5.41) is 3.84. The van der Waals surface area contributed by atoms with Crippen LogP contribution in [0.2, 0.25) is 0 Å². The van der Waals surface area contributed by atoms with Gasteiger partial charge in [-0.2, -0.15) is 9.28 Å². The standard InChI is InChI=1S/C12H22N3O2/c1-12(2,3)17-11(16)15-6-4-9(5-7-15)8-10(15)14-13/h9H,4-8,13H2,1-3H3/q+1. The molecule has 0 saturated carbocycles. The van der Waals surface area contributed by atoms with E-state index in [9.17, 15) is 4.79 Å². The van der Waals surface area contributed by atoms with Crippen LogP contribution < -0.4 is 5.84 Å². The predicted octanol–water partition coefficient (Wildman–Crippen LogP) is 1.82. The molecule has 96 valence electrons. The summed E-state index contributed by atoms with van der Waals surface area (Å²) in [6.45, 7) is 7.24. The number of carbonyl (C=O) groups is 1. The van der Waals surface area contributed by atoms with Crippen LogP contribution in [-0.2, 0) is 4.74 Å². The van der Waals surface area contributed by atoms with E-state index in [0.29, 0.717) is 5.92 Å². The van der Waals surface area contributed by atoms with Crippen LogP contribution in [0, 0.1) is 5.92 Å². The lowest BCUT2D eigenvalue weighted by atomic mass is 9.85. The number of quaternary nitrogens is 1. The van der Waals surface area contributed by atoms with E-state index >= 15 is 0 Å². The molecule has 0 spiro atoms. The highest BCUT2D eigenvalue weighted by molar-refractivity contribution is 5.86. The first-order valence-corrected chi connectivity index (χ1v) is 6.25. The fourth-order valence-corrected chi connectivity index (χ4v) is 2.76. The van der Waals surface area contributed by atoms with Crippen LogP contribution in [0.3, 0.4) is 0 Å². The van der Waals surface area contributed by atoms with Crippen LogP contribution in [0.25, 0.3) is 0 Å². The Morgan fingerprint density at radius 1 is 1.41 bits per heavy atom. The van der Waals surface area contributed by atoms with Crippen LogP contribution in [0.1, 0.15) is 40.0 Å². The van der Waals surface area contributed by atoms with Gasteiger partial charge in [-0.15, -0.1) is 5.10 Å². The van der Waals surface area contributed by atoms with Gasteiger partial charge in [0.05, 0.1) is 13.1 Å². The van der Waals surface area contributed by atoms with E-state index in [0.717, 1.165) is 38.2 Å². The highest BCUT2D eigenvalue weighted by atomic mass is 16.6. The summed E-state index contributed by atoms with van der Waals surface area (Å²) in [6.07, 6.45) is 2.78. The Labute approximate surface area is 102 Å². The number of nitrogens with two attached hydrogens (primary N) is 1. The molecular weight excluding hydrogens is 218 g/mol. The Hall–Kier alpha value is -1.10. The molecule has 3 heterocycles. The second-order valence-electron chi connectivity index (χ2n) is 6.09. The van der Waals surface area contributed by atoms with Crippen molar-refractivity contribution in [2.45, 2.75) is 45.6 Å². The zero-order chi connectivity index (χ0) is 12.7. The molecule has 0 aromatic carbocycles. The number of hydrogen-bond donors (Lipinski definition) is 1. The average Bonchev–Trinajstić information content (AvgIpc) is 2.28. The van der Waals surface area contributed by atoms with Crippen molar-refractivity contribution in [2.75, 3.05) is 13.1 Å². The fourth-order valence-electron chi connectivity index (χ4n) is 2.76. The van der Waals surface area contributed by atoms with Gasteiger partial charge in [0.1, 0.15) is 5.60 Å². The molecular formula is C12H22N3O2+. The molecule has 3 fully saturated rings. The Kier molecular flexibility index (Phi) is 2.89.